The van der Waals surface area contributed by atoms with E-state index in [9.17, 15) is 0 Å². The number of hydrogen-bond acceptors (Lipinski definition) is 8. The third-order valence-corrected chi connectivity index (χ3v) is 5.52. The highest BCUT2D eigenvalue weighted by atomic mass is 32.1. The summed E-state index contributed by atoms with van der Waals surface area (Å²) in [7, 11) is 1.68. The number of thiophene rings is 1. The highest BCUT2D eigenvalue weighted by Crippen LogP contribution is 2.33. The number of aromatic nitrogens is 3. The average molecular weight is 385 g/mol. The Morgan fingerprint density at radius 1 is 1.37 bits per heavy atom. The predicted molar refractivity (Wildman–Crippen MR) is 105 cm³/mol. The van der Waals surface area contributed by atoms with E-state index in [2.05, 4.69) is 42.9 Å². The highest BCUT2D eigenvalue weighted by molar-refractivity contribution is 7.09. The third-order valence-electron chi connectivity index (χ3n) is 4.66. The van der Waals surface area contributed by atoms with Crippen molar-refractivity contribution in [3.63, 3.8) is 0 Å². The number of nitrogens with one attached hydrogen (secondary N) is 1. The number of ether oxygens (including phenoxy) is 1. The minimum absolute atomic E-state index is 0.191. The van der Waals surface area contributed by atoms with Crippen LogP contribution in [0.2, 0.25) is 0 Å². The molecule has 0 amide bonds. The van der Waals surface area contributed by atoms with Crippen molar-refractivity contribution in [2.24, 2.45) is 0 Å². The van der Waals surface area contributed by atoms with Gasteiger partial charge in [0, 0.05) is 36.8 Å². The predicted octanol–water partition coefficient (Wildman–Crippen LogP) is 3.59. The van der Waals surface area contributed by atoms with Gasteiger partial charge in [-0.3, -0.25) is 4.90 Å². The van der Waals surface area contributed by atoms with Crippen molar-refractivity contribution in [3.8, 4) is 11.4 Å². The van der Waals surface area contributed by atoms with E-state index in [0.29, 0.717) is 18.3 Å². The largest absolute Gasteiger partial charge is 0.383 e. The van der Waals surface area contributed by atoms with E-state index in [1.54, 1.807) is 24.6 Å². The van der Waals surface area contributed by atoms with Crippen LogP contribution in [0.4, 0.5) is 5.82 Å². The van der Waals surface area contributed by atoms with Crippen LogP contribution in [0.15, 0.2) is 40.4 Å². The van der Waals surface area contributed by atoms with Gasteiger partial charge in [0.15, 0.2) is 0 Å². The molecule has 1 atom stereocenters. The van der Waals surface area contributed by atoms with Crippen molar-refractivity contribution in [3.05, 3.63) is 46.6 Å². The molecular formula is C19H23N5O2S. The van der Waals surface area contributed by atoms with Crippen molar-refractivity contribution in [2.75, 3.05) is 32.1 Å². The van der Waals surface area contributed by atoms with Gasteiger partial charge in [-0.1, -0.05) is 11.2 Å². The monoisotopic (exact) mass is 385 g/mol. The van der Waals surface area contributed by atoms with Gasteiger partial charge in [0.1, 0.15) is 5.82 Å². The first-order valence-corrected chi connectivity index (χ1v) is 10.0. The molecule has 142 valence electrons. The summed E-state index contributed by atoms with van der Waals surface area (Å²) in [6.07, 6.45) is 3.96. The first-order valence-electron chi connectivity index (χ1n) is 9.13. The Morgan fingerprint density at radius 3 is 3.11 bits per heavy atom. The Labute approximate surface area is 162 Å². The van der Waals surface area contributed by atoms with Gasteiger partial charge in [-0.15, -0.1) is 11.3 Å². The Morgan fingerprint density at radius 2 is 2.33 bits per heavy atom. The molecule has 1 N–H and O–H groups in total. The lowest BCUT2D eigenvalue weighted by atomic mass is 10.2. The molecule has 4 rings (SSSR count). The number of rotatable bonds is 8. The fourth-order valence-corrected chi connectivity index (χ4v) is 4.03. The second-order valence-corrected chi connectivity index (χ2v) is 7.55. The number of nitrogens with zero attached hydrogens (tertiary/aromatic N) is 4. The fourth-order valence-electron chi connectivity index (χ4n) is 3.30. The lowest BCUT2D eigenvalue weighted by Crippen LogP contribution is -2.22. The molecule has 1 fully saturated rings. The zero-order valence-electron chi connectivity index (χ0n) is 15.3. The van der Waals surface area contributed by atoms with Crippen LogP contribution in [0, 0.1) is 0 Å². The third kappa shape index (κ3) is 4.35. The van der Waals surface area contributed by atoms with Crippen molar-refractivity contribution in [1.82, 2.24) is 20.0 Å². The van der Waals surface area contributed by atoms with Gasteiger partial charge in [-0.2, -0.15) is 4.98 Å². The molecule has 27 heavy (non-hydrogen) atoms. The standard InChI is InChI=1S/C19H23N5O2S/c1-25-10-8-20-17-7-6-14(12-21-17)18-22-19(26-23-18)16-5-2-9-24(16)13-15-4-3-11-27-15/h3-4,6-7,11-12,16H,2,5,8-10,13H2,1H3,(H,20,21). The van der Waals surface area contributed by atoms with Gasteiger partial charge in [0.2, 0.25) is 11.7 Å². The van der Waals surface area contributed by atoms with Crippen LogP contribution >= 0.6 is 11.3 Å². The zero-order chi connectivity index (χ0) is 18.5. The summed E-state index contributed by atoms with van der Waals surface area (Å²) in [5.41, 5.74) is 0.852. The first kappa shape index (κ1) is 18.1. The van der Waals surface area contributed by atoms with Crippen LogP contribution in [0.25, 0.3) is 11.4 Å². The van der Waals surface area contributed by atoms with Gasteiger partial charge < -0.3 is 14.6 Å². The number of pyridine rings is 1. The first-order chi connectivity index (χ1) is 13.3. The molecule has 1 aliphatic rings. The molecule has 7 nitrogen and oxygen atoms in total. The average Bonchev–Trinajstić information content (AvgIpc) is 3.45. The Balaban J connectivity index is 1.43. The molecule has 1 unspecified atom stereocenters. The molecule has 0 aromatic carbocycles. The van der Waals surface area contributed by atoms with E-state index in [1.165, 1.54) is 4.88 Å². The van der Waals surface area contributed by atoms with E-state index in [1.807, 2.05) is 12.1 Å². The van der Waals surface area contributed by atoms with E-state index >= 15 is 0 Å². The molecule has 1 aliphatic heterocycles. The van der Waals surface area contributed by atoms with Gasteiger partial charge in [0.05, 0.1) is 12.6 Å². The number of methoxy groups -OCH3 is 1. The Hall–Kier alpha value is -2.29. The summed E-state index contributed by atoms with van der Waals surface area (Å²) in [6.45, 7) is 3.35. The topological polar surface area (TPSA) is 76.3 Å². The zero-order valence-corrected chi connectivity index (χ0v) is 16.1. The molecule has 3 aromatic heterocycles. The second-order valence-electron chi connectivity index (χ2n) is 6.52. The SMILES string of the molecule is COCCNc1ccc(-c2noc(C3CCCN3Cc3cccs3)n2)cn1. The molecule has 8 heteroatoms. The molecule has 4 heterocycles. The van der Waals surface area contributed by atoms with E-state index in [0.717, 1.165) is 43.9 Å². The highest BCUT2D eigenvalue weighted by Gasteiger charge is 2.31. The molecule has 3 aromatic rings. The summed E-state index contributed by atoms with van der Waals surface area (Å²) >= 11 is 1.79. The van der Waals surface area contributed by atoms with Crippen LogP contribution in [0.5, 0.6) is 0 Å². The Kier molecular flexibility index (Phi) is 5.76. The second kappa shape index (κ2) is 8.60. The number of hydrogen-bond donors (Lipinski definition) is 1. The molecule has 0 saturated carbocycles. The van der Waals surface area contributed by atoms with Gasteiger partial charge >= 0.3 is 0 Å². The maximum absolute atomic E-state index is 5.60. The number of anilines is 1. The van der Waals surface area contributed by atoms with Gasteiger partial charge in [-0.05, 0) is 43.0 Å². The van der Waals surface area contributed by atoms with Crippen molar-refractivity contribution < 1.29 is 9.26 Å². The maximum atomic E-state index is 5.60. The molecule has 0 spiro atoms. The summed E-state index contributed by atoms with van der Waals surface area (Å²) in [5.74, 6) is 2.09. The minimum atomic E-state index is 0.191. The van der Waals surface area contributed by atoms with Gasteiger partial charge in [0.25, 0.3) is 0 Å². The van der Waals surface area contributed by atoms with Crippen molar-refractivity contribution >= 4 is 17.2 Å². The van der Waals surface area contributed by atoms with Crippen molar-refractivity contribution in [2.45, 2.75) is 25.4 Å². The lowest BCUT2D eigenvalue weighted by molar-refractivity contribution is 0.202. The normalized spacial score (nSPS) is 17.4. The van der Waals surface area contributed by atoms with Gasteiger partial charge in [-0.25, -0.2) is 4.98 Å². The van der Waals surface area contributed by atoms with E-state index in [4.69, 9.17) is 9.26 Å². The van der Waals surface area contributed by atoms with Crippen LogP contribution in [0.3, 0.4) is 0 Å². The molecule has 0 bridgehead atoms. The molecule has 0 radical (unpaired) electrons. The molecule has 0 aliphatic carbocycles. The molecular weight excluding hydrogens is 362 g/mol. The van der Waals surface area contributed by atoms with E-state index in [-0.39, 0.29) is 6.04 Å². The summed E-state index contributed by atoms with van der Waals surface area (Å²) < 4.78 is 10.6. The summed E-state index contributed by atoms with van der Waals surface area (Å²) in [5, 5.41) is 9.49. The summed E-state index contributed by atoms with van der Waals surface area (Å²) in [4.78, 5) is 12.8. The lowest BCUT2D eigenvalue weighted by Gasteiger charge is -2.20. The number of likely N-dealkylation sites (tertiary alicyclic amines) is 1. The molecule has 1 saturated heterocycles. The van der Waals surface area contributed by atoms with Crippen LogP contribution in [0.1, 0.15) is 29.7 Å². The van der Waals surface area contributed by atoms with Crippen LogP contribution in [-0.2, 0) is 11.3 Å². The van der Waals surface area contributed by atoms with Crippen LogP contribution in [-0.4, -0.2) is 46.8 Å². The fraction of sp³-hybridized carbons (Fsp3) is 0.421. The maximum Gasteiger partial charge on any atom is 0.244 e. The van der Waals surface area contributed by atoms with Crippen LogP contribution < -0.4 is 5.32 Å². The van der Waals surface area contributed by atoms with E-state index < -0.39 is 0 Å². The van der Waals surface area contributed by atoms with Crippen molar-refractivity contribution in [1.29, 1.82) is 0 Å². The smallest absolute Gasteiger partial charge is 0.244 e. The summed E-state index contributed by atoms with van der Waals surface area (Å²) in [6, 6.07) is 8.33. The quantitative estimate of drug-likeness (QED) is 0.594. The minimum Gasteiger partial charge on any atom is -0.383 e. The Bertz CT molecular complexity index is 834.